The van der Waals surface area contributed by atoms with Crippen molar-refractivity contribution in [3.8, 4) is 0 Å². The molecule has 1 heterocycles. The standard InChI is InChI=1S/C21H19BrN2O7/c22-15-3-1-2-14(12-15)18-17(19(26)13-4-6-16(7-5-13)24(29)30)20(27)21(28)23(18)8-10-31-11-9-25/h1-7,12,18,25-26H,8-11H2/t18-/m1/s1. The lowest BCUT2D eigenvalue weighted by Crippen LogP contribution is -2.33. The van der Waals surface area contributed by atoms with Crippen LogP contribution in [-0.2, 0) is 14.3 Å². The fourth-order valence-electron chi connectivity index (χ4n) is 3.36. The van der Waals surface area contributed by atoms with Gasteiger partial charge in [-0.2, -0.15) is 0 Å². The summed E-state index contributed by atoms with van der Waals surface area (Å²) in [5.41, 5.74) is 0.500. The first-order valence-electron chi connectivity index (χ1n) is 9.32. The average Bonchev–Trinajstić information content (AvgIpc) is 3.01. The molecule has 1 amide bonds. The number of nitrogens with zero attached hydrogens (tertiary/aromatic N) is 2. The number of nitro groups is 1. The lowest BCUT2D eigenvalue weighted by molar-refractivity contribution is -0.384. The third kappa shape index (κ3) is 4.82. The van der Waals surface area contributed by atoms with Crippen LogP contribution >= 0.6 is 15.9 Å². The van der Waals surface area contributed by atoms with Gasteiger partial charge >= 0.3 is 0 Å². The minimum Gasteiger partial charge on any atom is -0.507 e. The van der Waals surface area contributed by atoms with Crippen LogP contribution in [0.1, 0.15) is 17.2 Å². The van der Waals surface area contributed by atoms with Crippen molar-refractivity contribution < 1.29 is 29.5 Å². The Morgan fingerprint density at radius 3 is 2.48 bits per heavy atom. The molecule has 0 spiro atoms. The second kappa shape index (κ2) is 9.82. The minimum atomic E-state index is -0.870. The van der Waals surface area contributed by atoms with Gasteiger partial charge in [0.2, 0.25) is 0 Å². The van der Waals surface area contributed by atoms with Crippen LogP contribution in [0.4, 0.5) is 5.69 Å². The number of benzene rings is 2. The zero-order chi connectivity index (χ0) is 22.5. The Kier molecular flexibility index (Phi) is 7.16. The smallest absolute Gasteiger partial charge is 0.295 e. The SMILES string of the molecule is O=C1C(=O)N(CCOCCO)[C@H](c2cccc(Br)c2)C1=C(O)c1ccc([N+](=O)[O-])cc1. The van der Waals surface area contributed by atoms with E-state index in [1.54, 1.807) is 24.3 Å². The molecule has 2 N–H and O–H groups in total. The minimum absolute atomic E-state index is 0.0682. The summed E-state index contributed by atoms with van der Waals surface area (Å²) in [6, 6.07) is 11.2. The van der Waals surface area contributed by atoms with Crippen LogP contribution in [0, 0.1) is 10.1 Å². The number of halogens is 1. The molecule has 0 unspecified atom stereocenters. The predicted octanol–water partition coefficient (Wildman–Crippen LogP) is 2.79. The van der Waals surface area contributed by atoms with Gasteiger partial charge in [0, 0.05) is 28.7 Å². The Morgan fingerprint density at radius 2 is 1.87 bits per heavy atom. The van der Waals surface area contributed by atoms with E-state index in [2.05, 4.69) is 15.9 Å². The van der Waals surface area contributed by atoms with Crippen LogP contribution < -0.4 is 0 Å². The number of rotatable bonds is 8. The van der Waals surface area contributed by atoms with E-state index in [1.165, 1.54) is 29.2 Å². The van der Waals surface area contributed by atoms with Gasteiger partial charge < -0.3 is 19.8 Å². The van der Waals surface area contributed by atoms with E-state index in [-0.39, 0.29) is 43.2 Å². The summed E-state index contributed by atoms with van der Waals surface area (Å²) >= 11 is 3.37. The van der Waals surface area contributed by atoms with Crippen molar-refractivity contribution in [1.82, 2.24) is 4.90 Å². The average molecular weight is 491 g/mol. The van der Waals surface area contributed by atoms with Gasteiger partial charge in [-0.05, 0) is 29.8 Å². The number of amides is 1. The topological polar surface area (TPSA) is 130 Å². The summed E-state index contributed by atoms with van der Waals surface area (Å²) in [5, 5.41) is 30.6. The number of nitro benzene ring substituents is 1. The van der Waals surface area contributed by atoms with Gasteiger partial charge in [0.1, 0.15) is 5.76 Å². The number of ether oxygens (including phenoxy) is 1. The highest BCUT2D eigenvalue weighted by Crippen LogP contribution is 2.40. The number of aliphatic hydroxyl groups is 2. The fourth-order valence-corrected chi connectivity index (χ4v) is 3.78. The number of carbonyl (C=O) groups excluding carboxylic acids is 2. The molecule has 0 saturated carbocycles. The Labute approximate surface area is 185 Å². The second-order valence-electron chi connectivity index (χ2n) is 6.69. The van der Waals surface area contributed by atoms with E-state index < -0.39 is 28.4 Å². The molecule has 1 saturated heterocycles. The first-order chi connectivity index (χ1) is 14.8. The molecule has 1 atom stereocenters. The molecular formula is C21H19BrN2O7. The molecule has 2 aromatic carbocycles. The number of Topliss-reactive ketones (excluding diaryl/α,β-unsaturated/α-hetero) is 1. The van der Waals surface area contributed by atoms with Crippen LogP contribution in [0.2, 0.25) is 0 Å². The highest BCUT2D eigenvalue weighted by molar-refractivity contribution is 9.10. The molecule has 3 rings (SSSR count). The highest BCUT2D eigenvalue weighted by Gasteiger charge is 2.45. The zero-order valence-corrected chi connectivity index (χ0v) is 17.8. The molecule has 9 nitrogen and oxygen atoms in total. The van der Waals surface area contributed by atoms with Crippen LogP contribution in [0.5, 0.6) is 0 Å². The van der Waals surface area contributed by atoms with Crippen molar-refractivity contribution in [3.05, 3.63) is 79.8 Å². The van der Waals surface area contributed by atoms with Gasteiger partial charge in [0.25, 0.3) is 17.4 Å². The van der Waals surface area contributed by atoms with Gasteiger partial charge in [-0.15, -0.1) is 0 Å². The van der Waals surface area contributed by atoms with Crippen molar-refractivity contribution in [2.75, 3.05) is 26.4 Å². The van der Waals surface area contributed by atoms with E-state index in [4.69, 9.17) is 9.84 Å². The lowest BCUT2D eigenvalue weighted by Gasteiger charge is -2.25. The number of non-ortho nitro benzene ring substituents is 1. The monoisotopic (exact) mass is 490 g/mol. The summed E-state index contributed by atoms with van der Waals surface area (Å²) in [5.74, 6) is -2.07. The molecular weight excluding hydrogens is 472 g/mol. The maximum atomic E-state index is 12.9. The fraction of sp³-hybridized carbons (Fsp3) is 0.238. The Hall–Kier alpha value is -3.08. The van der Waals surface area contributed by atoms with E-state index in [0.717, 1.165) is 4.47 Å². The zero-order valence-electron chi connectivity index (χ0n) is 16.2. The lowest BCUT2D eigenvalue weighted by atomic mass is 9.95. The molecule has 10 heteroatoms. The summed E-state index contributed by atoms with van der Waals surface area (Å²) in [6.45, 7) is 0.0801. The third-order valence-corrected chi connectivity index (χ3v) is 5.26. The third-order valence-electron chi connectivity index (χ3n) is 4.77. The van der Waals surface area contributed by atoms with Crippen molar-refractivity contribution >= 4 is 39.1 Å². The molecule has 0 aliphatic carbocycles. The van der Waals surface area contributed by atoms with Gasteiger partial charge in [0.15, 0.2) is 0 Å². The number of hydrogen-bond acceptors (Lipinski definition) is 7. The van der Waals surface area contributed by atoms with Crippen LogP contribution in [0.3, 0.4) is 0 Å². The summed E-state index contributed by atoms with van der Waals surface area (Å²) in [6.07, 6.45) is 0. The van der Waals surface area contributed by atoms with Gasteiger partial charge in [-0.1, -0.05) is 28.1 Å². The predicted molar refractivity (Wildman–Crippen MR) is 114 cm³/mol. The summed E-state index contributed by atoms with van der Waals surface area (Å²) in [4.78, 5) is 37.2. The molecule has 0 radical (unpaired) electrons. The first-order valence-corrected chi connectivity index (χ1v) is 10.1. The van der Waals surface area contributed by atoms with Crippen molar-refractivity contribution in [1.29, 1.82) is 0 Å². The van der Waals surface area contributed by atoms with Crippen LogP contribution in [0.15, 0.2) is 58.6 Å². The number of hydrogen-bond donors (Lipinski definition) is 2. The Morgan fingerprint density at radius 1 is 1.16 bits per heavy atom. The van der Waals surface area contributed by atoms with E-state index in [0.29, 0.717) is 5.56 Å². The maximum Gasteiger partial charge on any atom is 0.295 e. The maximum absolute atomic E-state index is 12.9. The van der Waals surface area contributed by atoms with Gasteiger partial charge in [-0.25, -0.2) is 0 Å². The largest absolute Gasteiger partial charge is 0.507 e. The summed E-state index contributed by atoms with van der Waals surface area (Å²) < 4.78 is 5.97. The van der Waals surface area contributed by atoms with Crippen molar-refractivity contribution in [3.63, 3.8) is 0 Å². The highest BCUT2D eigenvalue weighted by atomic mass is 79.9. The Balaban J connectivity index is 2.06. The van der Waals surface area contributed by atoms with Crippen LogP contribution in [-0.4, -0.2) is 58.1 Å². The number of ketones is 1. The summed E-state index contributed by atoms with van der Waals surface area (Å²) in [7, 11) is 0. The molecule has 0 aromatic heterocycles. The first kappa shape index (κ1) is 22.6. The number of aliphatic hydroxyl groups excluding tert-OH is 2. The molecule has 1 aliphatic rings. The van der Waals surface area contributed by atoms with E-state index in [9.17, 15) is 24.8 Å². The molecule has 31 heavy (non-hydrogen) atoms. The normalized spacial score (nSPS) is 17.9. The number of likely N-dealkylation sites (tertiary alicyclic amines) is 1. The van der Waals surface area contributed by atoms with Crippen LogP contribution in [0.25, 0.3) is 5.76 Å². The molecule has 1 fully saturated rings. The Bertz CT molecular complexity index is 1040. The van der Waals surface area contributed by atoms with Gasteiger partial charge in [-0.3, -0.25) is 19.7 Å². The quantitative estimate of drug-likeness (QED) is 0.145. The second-order valence-corrected chi connectivity index (χ2v) is 7.60. The molecule has 162 valence electrons. The van der Waals surface area contributed by atoms with Gasteiger partial charge in [0.05, 0.1) is 36.4 Å². The molecule has 1 aliphatic heterocycles. The molecule has 2 aromatic rings. The van der Waals surface area contributed by atoms with Crippen molar-refractivity contribution in [2.45, 2.75) is 6.04 Å². The number of carbonyl (C=O) groups is 2. The van der Waals surface area contributed by atoms with E-state index in [1.807, 2.05) is 0 Å². The molecule has 0 bridgehead atoms. The van der Waals surface area contributed by atoms with Crippen molar-refractivity contribution in [2.24, 2.45) is 0 Å². The van der Waals surface area contributed by atoms with E-state index >= 15 is 0 Å².